The van der Waals surface area contributed by atoms with E-state index in [1.165, 1.54) is 4.90 Å². The molecule has 3 atom stereocenters. The van der Waals surface area contributed by atoms with Crippen LogP contribution >= 0.6 is 0 Å². The van der Waals surface area contributed by atoms with Crippen molar-refractivity contribution in [1.29, 1.82) is 5.26 Å². The van der Waals surface area contributed by atoms with Gasteiger partial charge in [0.25, 0.3) is 0 Å². The van der Waals surface area contributed by atoms with Crippen molar-refractivity contribution in [3.8, 4) is 6.07 Å². The average molecular weight is 532 g/mol. The number of hydrogen-bond acceptors (Lipinski definition) is 7. The minimum Gasteiger partial charge on any atom is -0.447 e. The maximum absolute atomic E-state index is 13.5. The van der Waals surface area contributed by atoms with Crippen molar-refractivity contribution in [1.82, 2.24) is 9.80 Å². The fourth-order valence-electron chi connectivity index (χ4n) is 4.41. The van der Waals surface area contributed by atoms with Crippen molar-refractivity contribution in [2.75, 3.05) is 13.2 Å². The van der Waals surface area contributed by atoms with Crippen molar-refractivity contribution < 1.29 is 28.6 Å². The SMILES string of the molecule is CC.CC.CC(C)(C)OC(=O)N1[C@@H](C[C@H](CC#N)C(=O)N2C(=O)OC[C@@H]2Cc2ccccc2)COC1(C)C. The van der Waals surface area contributed by atoms with Gasteiger partial charge in [0, 0.05) is 6.42 Å². The van der Waals surface area contributed by atoms with Crippen LogP contribution in [-0.4, -0.2) is 64.5 Å². The first-order chi connectivity index (χ1) is 17.9. The summed E-state index contributed by atoms with van der Waals surface area (Å²) in [4.78, 5) is 41.6. The molecule has 0 unspecified atom stereocenters. The summed E-state index contributed by atoms with van der Waals surface area (Å²) in [6.45, 7) is 17.1. The van der Waals surface area contributed by atoms with Crippen LogP contribution in [0.15, 0.2) is 30.3 Å². The highest BCUT2D eigenvalue weighted by atomic mass is 16.6. The monoisotopic (exact) mass is 531 g/mol. The molecule has 2 heterocycles. The molecule has 9 heteroatoms. The van der Waals surface area contributed by atoms with E-state index in [-0.39, 0.29) is 26.1 Å². The van der Waals surface area contributed by atoms with E-state index in [0.717, 1.165) is 10.5 Å². The summed E-state index contributed by atoms with van der Waals surface area (Å²) < 4.78 is 16.6. The zero-order chi connectivity index (χ0) is 29.1. The Hall–Kier alpha value is -3.12. The summed E-state index contributed by atoms with van der Waals surface area (Å²) in [5.41, 5.74) is -0.663. The van der Waals surface area contributed by atoms with E-state index in [2.05, 4.69) is 6.07 Å². The molecule has 1 aromatic carbocycles. The Kier molecular flexibility index (Phi) is 12.7. The molecule has 0 saturated carbocycles. The summed E-state index contributed by atoms with van der Waals surface area (Å²) in [6.07, 6.45) is -0.732. The second-order valence-corrected chi connectivity index (χ2v) is 10.2. The van der Waals surface area contributed by atoms with Crippen LogP contribution in [0.1, 0.15) is 80.7 Å². The number of ether oxygens (including phenoxy) is 3. The van der Waals surface area contributed by atoms with E-state index in [9.17, 15) is 19.6 Å². The highest BCUT2D eigenvalue weighted by molar-refractivity contribution is 5.95. The molecule has 9 nitrogen and oxygen atoms in total. The van der Waals surface area contributed by atoms with Crippen LogP contribution in [0.25, 0.3) is 0 Å². The molecule has 0 radical (unpaired) electrons. The summed E-state index contributed by atoms with van der Waals surface area (Å²) in [7, 11) is 0. The molecule has 0 bridgehead atoms. The second kappa shape index (κ2) is 14.7. The molecule has 0 aliphatic carbocycles. The van der Waals surface area contributed by atoms with Crippen LogP contribution in [-0.2, 0) is 25.4 Å². The van der Waals surface area contributed by atoms with Gasteiger partial charge in [-0.1, -0.05) is 58.0 Å². The molecule has 3 rings (SSSR count). The van der Waals surface area contributed by atoms with Crippen LogP contribution in [0.4, 0.5) is 9.59 Å². The van der Waals surface area contributed by atoms with Gasteiger partial charge in [-0.05, 0) is 53.0 Å². The molecule has 38 heavy (non-hydrogen) atoms. The molecule has 0 spiro atoms. The topological polar surface area (TPSA) is 109 Å². The molecular formula is C29H45N3O6. The van der Waals surface area contributed by atoms with Gasteiger partial charge < -0.3 is 14.2 Å². The van der Waals surface area contributed by atoms with Crippen LogP contribution in [0.3, 0.4) is 0 Å². The first-order valence-electron chi connectivity index (χ1n) is 13.5. The van der Waals surface area contributed by atoms with Gasteiger partial charge in [-0.15, -0.1) is 0 Å². The minimum absolute atomic E-state index is 0.0975. The Morgan fingerprint density at radius 3 is 2.26 bits per heavy atom. The average Bonchev–Trinajstić information content (AvgIpc) is 3.38. The van der Waals surface area contributed by atoms with Crippen molar-refractivity contribution in [3.05, 3.63) is 35.9 Å². The lowest BCUT2D eigenvalue weighted by Crippen LogP contribution is -2.51. The number of carbonyl (C=O) groups is 3. The van der Waals surface area contributed by atoms with Crippen LogP contribution in [0, 0.1) is 17.2 Å². The second-order valence-electron chi connectivity index (χ2n) is 10.2. The van der Waals surface area contributed by atoms with Crippen molar-refractivity contribution in [2.24, 2.45) is 5.92 Å². The molecular weight excluding hydrogens is 486 g/mol. The number of amides is 3. The van der Waals surface area contributed by atoms with Gasteiger partial charge in [0.05, 0.1) is 30.7 Å². The zero-order valence-electron chi connectivity index (χ0n) is 24.4. The summed E-state index contributed by atoms with van der Waals surface area (Å²) in [5.74, 6) is -1.28. The van der Waals surface area contributed by atoms with Crippen LogP contribution in [0.2, 0.25) is 0 Å². The molecule has 2 saturated heterocycles. The van der Waals surface area contributed by atoms with Gasteiger partial charge in [-0.3, -0.25) is 9.69 Å². The molecule has 2 aliphatic rings. The Morgan fingerprint density at radius 2 is 1.71 bits per heavy atom. The van der Waals surface area contributed by atoms with Crippen molar-refractivity contribution in [3.63, 3.8) is 0 Å². The Labute approximate surface area is 228 Å². The third-order valence-electron chi connectivity index (χ3n) is 5.92. The summed E-state index contributed by atoms with van der Waals surface area (Å²) in [6, 6.07) is 10.6. The zero-order valence-corrected chi connectivity index (χ0v) is 24.4. The number of benzene rings is 1. The van der Waals surface area contributed by atoms with E-state index in [4.69, 9.17) is 14.2 Å². The van der Waals surface area contributed by atoms with Crippen LogP contribution < -0.4 is 0 Å². The van der Waals surface area contributed by atoms with Gasteiger partial charge in [0.15, 0.2) is 0 Å². The summed E-state index contributed by atoms with van der Waals surface area (Å²) in [5, 5.41) is 9.43. The Balaban J connectivity index is 0.00000172. The number of cyclic esters (lactones) is 1. The highest BCUT2D eigenvalue weighted by Crippen LogP contribution is 2.34. The molecule has 0 aromatic heterocycles. The Bertz CT molecular complexity index is 951. The largest absolute Gasteiger partial charge is 0.447 e. The molecule has 3 amide bonds. The fraction of sp³-hybridized carbons (Fsp3) is 0.655. The quantitative estimate of drug-likeness (QED) is 0.448. The lowest BCUT2D eigenvalue weighted by molar-refractivity contribution is -0.134. The summed E-state index contributed by atoms with van der Waals surface area (Å²) >= 11 is 0. The Morgan fingerprint density at radius 1 is 1.11 bits per heavy atom. The van der Waals surface area contributed by atoms with Crippen molar-refractivity contribution in [2.45, 2.75) is 105 Å². The smallest absolute Gasteiger partial charge is 0.416 e. The normalized spacial score (nSPS) is 20.7. The van der Waals surface area contributed by atoms with E-state index in [0.29, 0.717) is 6.42 Å². The van der Waals surface area contributed by atoms with E-state index < -0.39 is 47.4 Å². The van der Waals surface area contributed by atoms with Crippen molar-refractivity contribution >= 4 is 18.1 Å². The van der Waals surface area contributed by atoms with E-state index >= 15 is 0 Å². The number of imide groups is 1. The van der Waals surface area contributed by atoms with Gasteiger partial charge in [-0.2, -0.15) is 5.26 Å². The molecule has 1 aromatic rings. The lowest BCUT2D eigenvalue weighted by Gasteiger charge is -2.36. The number of nitriles is 1. The van der Waals surface area contributed by atoms with Crippen LogP contribution in [0.5, 0.6) is 0 Å². The predicted molar refractivity (Wildman–Crippen MR) is 145 cm³/mol. The number of hydrogen-bond donors (Lipinski definition) is 0. The maximum Gasteiger partial charge on any atom is 0.416 e. The van der Waals surface area contributed by atoms with E-state index in [1.54, 1.807) is 34.6 Å². The van der Waals surface area contributed by atoms with Gasteiger partial charge in [0.1, 0.15) is 17.9 Å². The first-order valence-corrected chi connectivity index (χ1v) is 13.5. The number of nitrogens with zero attached hydrogens (tertiary/aromatic N) is 3. The highest BCUT2D eigenvalue weighted by Gasteiger charge is 2.48. The maximum atomic E-state index is 13.5. The first kappa shape index (κ1) is 32.9. The van der Waals surface area contributed by atoms with E-state index in [1.807, 2.05) is 58.0 Å². The fourth-order valence-corrected chi connectivity index (χ4v) is 4.41. The standard InChI is InChI=1S/C25H33N3O6.2C2H6/c1-24(2,3)34-23(31)28-20(16-33-25(28,4)5)14-18(11-12-26)21(29)27-19(15-32-22(27)30)13-17-9-7-6-8-10-17;2*1-2/h6-10,18-20H,11,13-16H2,1-5H3;2*1-2H3/t18-,19-,20-;;/m0../s1. The molecule has 2 fully saturated rings. The van der Waals surface area contributed by atoms with Gasteiger partial charge in [-0.25, -0.2) is 14.5 Å². The lowest BCUT2D eigenvalue weighted by atomic mass is 9.94. The molecule has 0 N–H and O–H groups in total. The molecule has 2 aliphatic heterocycles. The third-order valence-corrected chi connectivity index (χ3v) is 5.92. The predicted octanol–water partition coefficient (Wildman–Crippen LogP) is 5.92. The van der Waals surface area contributed by atoms with Gasteiger partial charge >= 0.3 is 12.2 Å². The number of carbonyl (C=O) groups excluding carboxylic acids is 3. The number of rotatable bonds is 6. The third kappa shape index (κ3) is 8.73. The minimum atomic E-state index is -0.935. The molecule has 212 valence electrons. The van der Waals surface area contributed by atoms with Gasteiger partial charge in [0.2, 0.25) is 5.91 Å².